The summed E-state index contributed by atoms with van der Waals surface area (Å²) in [6.45, 7) is 2.63. The second kappa shape index (κ2) is 5.57. The lowest BCUT2D eigenvalue weighted by Crippen LogP contribution is -2.48. The molecule has 6 nitrogen and oxygen atoms in total. The summed E-state index contributed by atoms with van der Waals surface area (Å²) >= 11 is 0. The third kappa shape index (κ3) is 2.51. The van der Waals surface area contributed by atoms with Crippen LogP contribution in [0.4, 0.5) is 5.69 Å². The Labute approximate surface area is 146 Å². The van der Waals surface area contributed by atoms with Gasteiger partial charge < -0.3 is 10.0 Å². The molecule has 0 bridgehead atoms. The fourth-order valence-corrected chi connectivity index (χ4v) is 5.24. The zero-order valence-corrected chi connectivity index (χ0v) is 14.5. The molecule has 1 fully saturated rings. The number of hydrogen-bond acceptors (Lipinski definition) is 4. The number of sulfonamides is 1. The number of carboxylic acids is 1. The predicted octanol–water partition coefficient (Wildman–Crippen LogP) is 2.58. The van der Waals surface area contributed by atoms with Crippen molar-refractivity contribution >= 4 is 21.7 Å². The van der Waals surface area contributed by atoms with Gasteiger partial charge in [-0.15, -0.1) is 0 Å². The number of anilines is 1. The number of aryl methyl sites for hydroxylation is 1. The molecule has 130 valence electrons. The van der Waals surface area contributed by atoms with Gasteiger partial charge in [0.05, 0.1) is 17.4 Å². The minimum atomic E-state index is -3.61. The highest BCUT2D eigenvalue weighted by Crippen LogP contribution is 2.39. The van der Waals surface area contributed by atoms with E-state index in [2.05, 4.69) is 9.62 Å². The van der Waals surface area contributed by atoms with Crippen molar-refractivity contribution in [2.24, 2.45) is 0 Å². The maximum Gasteiger partial charge on any atom is 0.336 e. The minimum Gasteiger partial charge on any atom is -0.478 e. The van der Waals surface area contributed by atoms with Gasteiger partial charge in [-0.25, -0.2) is 13.2 Å². The number of nitrogens with zero attached hydrogens (tertiary/aromatic N) is 1. The molecule has 7 heteroatoms. The zero-order valence-electron chi connectivity index (χ0n) is 13.7. The zero-order chi connectivity index (χ0) is 17.8. The molecule has 2 aliphatic rings. The maximum atomic E-state index is 12.6. The minimum absolute atomic E-state index is 0.167. The lowest BCUT2D eigenvalue weighted by molar-refractivity contribution is 0.0697. The van der Waals surface area contributed by atoms with Crippen molar-refractivity contribution in [1.29, 1.82) is 0 Å². The van der Waals surface area contributed by atoms with Crippen LogP contribution in [0.5, 0.6) is 0 Å². The number of benzene rings is 2. The lowest BCUT2D eigenvalue weighted by Gasteiger charge is -2.34. The Morgan fingerprint density at radius 1 is 1.28 bits per heavy atom. The fourth-order valence-electron chi connectivity index (χ4n) is 3.77. The van der Waals surface area contributed by atoms with Gasteiger partial charge in [0.25, 0.3) is 0 Å². The van der Waals surface area contributed by atoms with Gasteiger partial charge >= 0.3 is 5.97 Å². The molecule has 0 aromatic heterocycles. The molecular weight excluding hydrogens is 340 g/mol. The molecule has 0 radical (unpaired) electrons. The van der Waals surface area contributed by atoms with Crippen LogP contribution in [0.2, 0.25) is 0 Å². The summed E-state index contributed by atoms with van der Waals surface area (Å²) in [6.07, 6.45) is 1.55. The van der Waals surface area contributed by atoms with Gasteiger partial charge in [-0.2, -0.15) is 4.72 Å². The number of rotatable bonds is 2. The van der Waals surface area contributed by atoms with Gasteiger partial charge in [0.15, 0.2) is 0 Å². The van der Waals surface area contributed by atoms with Gasteiger partial charge in [0.2, 0.25) is 10.0 Å². The molecule has 4 rings (SSSR count). The van der Waals surface area contributed by atoms with Gasteiger partial charge in [0.1, 0.15) is 4.90 Å². The molecule has 0 aliphatic carbocycles. The molecule has 1 atom stereocenters. The molecule has 0 spiro atoms. The Morgan fingerprint density at radius 2 is 2.08 bits per heavy atom. The van der Waals surface area contributed by atoms with Crippen molar-refractivity contribution in [3.8, 4) is 11.1 Å². The number of carboxylic acid groups (broad SMARTS) is 1. The average molecular weight is 358 g/mol. The van der Waals surface area contributed by atoms with Crippen LogP contribution in [-0.2, 0) is 10.0 Å². The summed E-state index contributed by atoms with van der Waals surface area (Å²) in [6, 6.07) is 10.2. The van der Waals surface area contributed by atoms with Crippen LogP contribution in [0.1, 0.15) is 28.8 Å². The van der Waals surface area contributed by atoms with Crippen molar-refractivity contribution in [3.63, 3.8) is 0 Å². The van der Waals surface area contributed by atoms with E-state index in [1.165, 1.54) is 6.07 Å². The van der Waals surface area contributed by atoms with E-state index in [1.807, 2.05) is 19.1 Å². The molecule has 2 heterocycles. The molecule has 2 N–H and O–H groups in total. The van der Waals surface area contributed by atoms with Crippen LogP contribution in [0, 0.1) is 6.92 Å². The maximum absolute atomic E-state index is 12.6. The standard InChI is InChI=1S/C18H18N2O4S/c1-11-4-2-5-13(18(21)22)17(11)12-7-8-14-15(10-12)25(23,24)19-16-6-3-9-20(14)16/h2,4-5,7-8,10,16,19H,3,6,9H2,1H3,(H,21,22). The second-order valence-electron chi connectivity index (χ2n) is 6.46. The molecule has 0 amide bonds. The van der Waals surface area contributed by atoms with E-state index in [1.54, 1.807) is 18.2 Å². The third-order valence-corrected chi connectivity index (χ3v) is 6.38. The van der Waals surface area contributed by atoms with Crippen molar-refractivity contribution in [1.82, 2.24) is 4.72 Å². The summed E-state index contributed by atoms with van der Waals surface area (Å²) in [5, 5.41) is 9.48. The molecular formula is C18H18N2O4S. The van der Waals surface area contributed by atoms with Gasteiger partial charge in [0, 0.05) is 6.54 Å². The number of nitrogens with one attached hydrogen (secondary N) is 1. The van der Waals surface area contributed by atoms with Gasteiger partial charge in [-0.3, -0.25) is 0 Å². The van der Waals surface area contributed by atoms with Gasteiger partial charge in [-0.1, -0.05) is 18.2 Å². The Bertz CT molecular complexity index is 985. The van der Waals surface area contributed by atoms with Gasteiger partial charge in [-0.05, 0) is 54.7 Å². The first-order valence-corrected chi connectivity index (χ1v) is 9.63. The SMILES string of the molecule is Cc1cccc(C(=O)O)c1-c1ccc2c(c1)S(=O)(=O)NC1CCCN21. The summed E-state index contributed by atoms with van der Waals surface area (Å²) in [5.41, 5.74) is 2.80. The number of fused-ring (bicyclic) bond motifs is 3. The topological polar surface area (TPSA) is 86.7 Å². The lowest BCUT2D eigenvalue weighted by atomic mass is 9.95. The van der Waals surface area contributed by atoms with Crippen molar-refractivity contribution in [3.05, 3.63) is 47.5 Å². The number of hydrogen-bond donors (Lipinski definition) is 2. The second-order valence-corrected chi connectivity index (χ2v) is 8.14. The smallest absolute Gasteiger partial charge is 0.336 e. The van der Waals surface area contributed by atoms with Crippen LogP contribution in [-0.4, -0.2) is 32.2 Å². The van der Waals surface area contributed by atoms with Crippen molar-refractivity contribution in [2.75, 3.05) is 11.4 Å². The summed E-state index contributed by atoms with van der Waals surface area (Å²) in [7, 11) is -3.61. The highest BCUT2D eigenvalue weighted by molar-refractivity contribution is 7.89. The van der Waals surface area contributed by atoms with Crippen LogP contribution in [0.3, 0.4) is 0 Å². The summed E-state index contributed by atoms with van der Waals surface area (Å²) in [5.74, 6) is -1.03. The average Bonchev–Trinajstić information content (AvgIpc) is 3.01. The summed E-state index contributed by atoms with van der Waals surface area (Å²) < 4.78 is 28.0. The predicted molar refractivity (Wildman–Crippen MR) is 94.3 cm³/mol. The molecule has 0 saturated carbocycles. The highest BCUT2D eigenvalue weighted by atomic mass is 32.2. The Hall–Kier alpha value is -2.38. The van der Waals surface area contributed by atoms with Crippen molar-refractivity contribution in [2.45, 2.75) is 30.8 Å². The number of aromatic carboxylic acids is 1. The highest BCUT2D eigenvalue weighted by Gasteiger charge is 2.37. The van der Waals surface area contributed by atoms with E-state index in [-0.39, 0.29) is 16.6 Å². The van der Waals surface area contributed by atoms with Crippen LogP contribution < -0.4 is 9.62 Å². The van der Waals surface area contributed by atoms with Crippen LogP contribution >= 0.6 is 0 Å². The first-order valence-electron chi connectivity index (χ1n) is 8.15. The van der Waals surface area contributed by atoms with Crippen LogP contribution in [0.15, 0.2) is 41.3 Å². The van der Waals surface area contributed by atoms with E-state index in [4.69, 9.17) is 0 Å². The first-order chi connectivity index (χ1) is 11.9. The summed E-state index contributed by atoms with van der Waals surface area (Å²) in [4.78, 5) is 13.9. The van der Waals surface area contributed by atoms with Crippen molar-refractivity contribution < 1.29 is 18.3 Å². The van der Waals surface area contributed by atoms with E-state index in [0.29, 0.717) is 16.8 Å². The Morgan fingerprint density at radius 3 is 2.84 bits per heavy atom. The first kappa shape index (κ1) is 16.1. The fraction of sp³-hybridized carbons (Fsp3) is 0.278. The number of carbonyl (C=O) groups is 1. The van der Waals surface area contributed by atoms with E-state index in [9.17, 15) is 18.3 Å². The Balaban J connectivity index is 1.93. The molecule has 2 aromatic rings. The van der Waals surface area contributed by atoms with E-state index < -0.39 is 16.0 Å². The molecule has 2 aliphatic heterocycles. The van der Waals surface area contributed by atoms with E-state index >= 15 is 0 Å². The monoisotopic (exact) mass is 358 g/mol. The molecule has 1 saturated heterocycles. The normalized spacial score (nSPS) is 20.8. The third-order valence-electron chi connectivity index (χ3n) is 4.89. The quantitative estimate of drug-likeness (QED) is 0.862. The molecule has 25 heavy (non-hydrogen) atoms. The largest absolute Gasteiger partial charge is 0.478 e. The molecule has 2 aromatic carbocycles. The molecule has 1 unspecified atom stereocenters. The Kier molecular flexibility index (Phi) is 3.59. The van der Waals surface area contributed by atoms with Crippen LogP contribution in [0.25, 0.3) is 11.1 Å². The van der Waals surface area contributed by atoms with E-state index in [0.717, 1.165) is 24.9 Å².